The van der Waals surface area contributed by atoms with Gasteiger partial charge in [0.25, 0.3) is 0 Å². The molecule has 1 saturated heterocycles. The molecular formula is C14H13NO4S. The van der Waals surface area contributed by atoms with Crippen molar-refractivity contribution in [2.75, 3.05) is 4.90 Å². The molecule has 5 nitrogen and oxygen atoms in total. The molecule has 0 aromatic heterocycles. The van der Waals surface area contributed by atoms with Gasteiger partial charge in [0.2, 0.25) is 5.91 Å². The number of amides is 1. The van der Waals surface area contributed by atoms with Crippen molar-refractivity contribution in [3.63, 3.8) is 0 Å². The van der Waals surface area contributed by atoms with Crippen molar-refractivity contribution >= 4 is 35.1 Å². The van der Waals surface area contributed by atoms with Crippen LogP contribution in [-0.2, 0) is 14.4 Å². The van der Waals surface area contributed by atoms with Gasteiger partial charge in [-0.3, -0.25) is 19.3 Å². The van der Waals surface area contributed by atoms with Gasteiger partial charge in [-0.25, -0.2) is 0 Å². The number of carbonyl (C=O) groups excluding carboxylic acids is 2. The molecule has 1 atom stereocenters. The third kappa shape index (κ3) is 3.08. The van der Waals surface area contributed by atoms with Crippen LogP contribution in [0.15, 0.2) is 41.4 Å². The van der Waals surface area contributed by atoms with Crippen LogP contribution in [-0.4, -0.2) is 28.0 Å². The Morgan fingerprint density at radius 2 is 2.00 bits per heavy atom. The van der Waals surface area contributed by atoms with Gasteiger partial charge in [0.05, 0.1) is 11.4 Å². The van der Waals surface area contributed by atoms with Crippen LogP contribution in [0.2, 0.25) is 0 Å². The summed E-state index contributed by atoms with van der Waals surface area (Å²) >= 11 is 1.11. The zero-order valence-corrected chi connectivity index (χ0v) is 11.6. The molecule has 1 fully saturated rings. The van der Waals surface area contributed by atoms with Crippen LogP contribution in [0.25, 0.3) is 0 Å². The molecule has 0 aliphatic carbocycles. The van der Waals surface area contributed by atoms with Crippen molar-refractivity contribution in [1.82, 2.24) is 0 Å². The summed E-state index contributed by atoms with van der Waals surface area (Å²) in [6.45, 7) is 1.39. The van der Waals surface area contributed by atoms with Gasteiger partial charge in [-0.1, -0.05) is 30.0 Å². The van der Waals surface area contributed by atoms with E-state index in [-0.39, 0.29) is 18.1 Å². The summed E-state index contributed by atoms with van der Waals surface area (Å²) in [5, 5.41) is 8.62. The van der Waals surface area contributed by atoms with Crippen molar-refractivity contribution in [3.05, 3.63) is 41.4 Å². The Bertz CT molecular complexity index is 582. The maximum atomic E-state index is 12.3. The minimum Gasteiger partial charge on any atom is -0.481 e. The Morgan fingerprint density at radius 3 is 2.55 bits per heavy atom. The SMILES string of the molecule is CC(=O)/C=C1/S[C@H](CC(=O)O)C(=O)N1c1ccccc1. The third-order valence-corrected chi connectivity index (χ3v) is 3.88. The quantitative estimate of drug-likeness (QED) is 0.859. The maximum Gasteiger partial charge on any atom is 0.305 e. The molecule has 1 heterocycles. The number of carboxylic acids is 1. The lowest BCUT2D eigenvalue weighted by atomic mass is 10.2. The van der Waals surface area contributed by atoms with Gasteiger partial charge in [0.15, 0.2) is 5.78 Å². The molecule has 104 valence electrons. The fraction of sp³-hybridized carbons (Fsp3) is 0.214. The Kier molecular flexibility index (Phi) is 4.24. The van der Waals surface area contributed by atoms with E-state index in [1.54, 1.807) is 24.3 Å². The number of benzene rings is 1. The number of hydrogen-bond donors (Lipinski definition) is 1. The van der Waals surface area contributed by atoms with E-state index < -0.39 is 11.2 Å². The Hall–Kier alpha value is -2.08. The summed E-state index contributed by atoms with van der Waals surface area (Å²) in [5.41, 5.74) is 0.630. The number of para-hydroxylation sites is 1. The van der Waals surface area contributed by atoms with Gasteiger partial charge >= 0.3 is 5.97 Å². The first-order chi connectivity index (χ1) is 9.49. The number of aliphatic carboxylic acids is 1. The molecule has 1 N–H and O–H groups in total. The second-order valence-electron chi connectivity index (χ2n) is 4.31. The second kappa shape index (κ2) is 5.92. The maximum absolute atomic E-state index is 12.3. The van der Waals surface area contributed by atoms with Crippen LogP contribution in [0.3, 0.4) is 0 Å². The predicted octanol–water partition coefficient (Wildman–Crippen LogP) is 2.04. The topological polar surface area (TPSA) is 74.7 Å². The summed E-state index contributed by atoms with van der Waals surface area (Å²) in [6, 6.07) is 8.87. The number of thioether (sulfide) groups is 1. The zero-order chi connectivity index (χ0) is 14.7. The first-order valence-corrected chi connectivity index (χ1v) is 6.86. The molecule has 1 aliphatic rings. The molecule has 0 bridgehead atoms. The number of ketones is 1. The number of carbonyl (C=O) groups is 3. The van der Waals surface area contributed by atoms with Crippen LogP contribution in [0.5, 0.6) is 0 Å². The lowest BCUT2D eigenvalue weighted by molar-refractivity contribution is -0.138. The molecule has 6 heteroatoms. The van der Waals surface area contributed by atoms with Gasteiger partial charge in [-0.05, 0) is 19.1 Å². The van der Waals surface area contributed by atoms with Gasteiger partial charge in [-0.2, -0.15) is 0 Å². The number of nitrogens with zero attached hydrogens (tertiary/aromatic N) is 1. The van der Waals surface area contributed by atoms with E-state index in [0.29, 0.717) is 10.7 Å². The molecule has 0 saturated carbocycles. The fourth-order valence-electron chi connectivity index (χ4n) is 1.89. The third-order valence-electron chi connectivity index (χ3n) is 2.68. The van der Waals surface area contributed by atoms with Gasteiger partial charge in [-0.15, -0.1) is 0 Å². The largest absolute Gasteiger partial charge is 0.481 e. The summed E-state index contributed by atoms with van der Waals surface area (Å²) < 4.78 is 0. The molecule has 1 aromatic rings. The van der Waals surface area contributed by atoms with E-state index in [4.69, 9.17) is 5.11 Å². The second-order valence-corrected chi connectivity index (χ2v) is 5.53. The smallest absolute Gasteiger partial charge is 0.305 e. The van der Waals surface area contributed by atoms with Gasteiger partial charge in [0.1, 0.15) is 5.25 Å². The number of rotatable bonds is 4. The van der Waals surface area contributed by atoms with Crippen LogP contribution in [0.1, 0.15) is 13.3 Å². The highest BCUT2D eigenvalue weighted by molar-refractivity contribution is 8.05. The highest BCUT2D eigenvalue weighted by atomic mass is 32.2. The Morgan fingerprint density at radius 1 is 1.35 bits per heavy atom. The van der Waals surface area contributed by atoms with Crippen LogP contribution < -0.4 is 4.90 Å². The summed E-state index contributed by atoms with van der Waals surface area (Å²) in [5.74, 6) is -1.53. The molecule has 1 aromatic carbocycles. The minimum atomic E-state index is -1.03. The minimum absolute atomic E-state index is 0.183. The number of anilines is 1. The van der Waals surface area contributed by atoms with E-state index >= 15 is 0 Å². The Balaban J connectivity index is 2.37. The summed E-state index contributed by atoms with van der Waals surface area (Å²) in [4.78, 5) is 35.8. The normalized spacial score (nSPS) is 20.4. The Labute approximate surface area is 120 Å². The van der Waals surface area contributed by atoms with E-state index in [2.05, 4.69) is 0 Å². The highest BCUT2D eigenvalue weighted by Crippen LogP contribution is 2.39. The number of hydrogen-bond acceptors (Lipinski definition) is 4. The van der Waals surface area contributed by atoms with Crippen LogP contribution in [0.4, 0.5) is 5.69 Å². The molecule has 0 spiro atoms. The monoisotopic (exact) mass is 291 g/mol. The average Bonchev–Trinajstić information content (AvgIpc) is 2.65. The first kappa shape index (κ1) is 14.3. The summed E-state index contributed by atoms with van der Waals surface area (Å²) in [6.07, 6.45) is 1.10. The fourth-order valence-corrected chi connectivity index (χ4v) is 3.15. The number of allylic oxidation sites excluding steroid dienone is 1. The lowest BCUT2D eigenvalue weighted by Crippen LogP contribution is -2.29. The highest BCUT2D eigenvalue weighted by Gasteiger charge is 2.38. The standard InChI is InChI=1S/C14H13NO4S/c1-9(16)7-12-15(10-5-3-2-4-6-10)14(19)11(20-12)8-13(17)18/h2-7,11H,8H2,1H3,(H,17,18)/b12-7+/t11-/m1/s1. The van der Waals surface area contributed by atoms with Crippen LogP contribution >= 0.6 is 11.8 Å². The molecular weight excluding hydrogens is 278 g/mol. The van der Waals surface area contributed by atoms with Crippen LogP contribution in [0, 0.1) is 0 Å². The first-order valence-electron chi connectivity index (χ1n) is 5.99. The van der Waals surface area contributed by atoms with Gasteiger partial charge < -0.3 is 5.11 Å². The zero-order valence-electron chi connectivity index (χ0n) is 10.8. The molecule has 0 radical (unpaired) electrons. The lowest BCUT2D eigenvalue weighted by Gasteiger charge is -2.17. The van der Waals surface area contributed by atoms with E-state index in [1.165, 1.54) is 17.9 Å². The predicted molar refractivity (Wildman–Crippen MR) is 76.3 cm³/mol. The average molecular weight is 291 g/mol. The van der Waals surface area contributed by atoms with Crippen molar-refractivity contribution in [1.29, 1.82) is 0 Å². The van der Waals surface area contributed by atoms with Crippen molar-refractivity contribution in [2.24, 2.45) is 0 Å². The van der Waals surface area contributed by atoms with E-state index in [1.807, 2.05) is 6.07 Å². The van der Waals surface area contributed by atoms with Crippen molar-refractivity contribution in [2.45, 2.75) is 18.6 Å². The van der Waals surface area contributed by atoms with E-state index in [9.17, 15) is 14.4 Å². The molecule has 20 heavy (non-hydrogen) atoms. The molecule has 1 aliphatic heterocycles. The van der Waals surface area contributed by atoms with Crippen molar-refractivity contribution in [3.8, 4) is 0 Å². The van der Waals surface area contributed by atoms with E-state index in [0.717, 1.165) is 11.8 Å². The summed E-state index contributed by atoms with van der Waals surface area (Å²) in [7, 11) is 0. The molecule has 0 unspecified atom stereocenters. The van der Waals surface area contributed by atoms with Gasteiger partial charge in [0, 0.05) is 11.8 Å². The molecule has 2 rings (SSSR count). The van der Waals surface area contributed by atoms with Crippen molar-refractivity contribution < 1.29 is 19.5 Å². The number of carboxylic acid groups (broad SMARTS) is 1. The molecule has 1 amide bonds.